The summed E-state index contributed by atoms with van der Waals surface area (Å²) in [6.45, 7) is 0. The number of nitrogens with zero attached hydrogens (tertiary/aromatic N) is 3. The standard InChI is InChI=1S/C14H12N4O2/c1-18-9-15-13(17-18)10-3-2-4-12(7-10)16-14(19)11-5-6-20-8-11/h2-9H,1H3,(H,16,19). The number of hydrogen-bond donors (Lipinski definition) is 1. The quantitative estimate of drug-likeness (QED) is 0.791. The van der Waals surface area contributed by atoms with E-state index in [1.165, 1.54) is 12.5 Å². The van der Waals surface area contributed by atoms with Crippen LogP contribution in [0.5, 0.6) is 0 Å². The van der Waals surface area contributed by atoms with Crippen molar-refractivity contribution in [2.24, 2.45) is 7.05 Å². The first-order chi connectivity index (χ1) is 9.72. The minimum atomic E-state index is -0.218. The molecule has 0 saturated heterocycles. The number of amides is 1. The van der Waals surface area contributed by atoms with Gasteiger partial charge in [0.25, 0.3) is 5.91 Å². The van der Waals surface area contributed by atoms with Crippen molar-refractivity contribution in [3.8, 4) is 11.4 Å². The second kappa shape index (κ2) is 5.00. The Labute approximate surface area is 115 Å². The first-order valence-corrected chi connectivity index (χ1v) is 6.02. The number of carbonyl (C=O) groups is 1. The summed E-state index contributed by atoms with van der Waals surface area (Å²) in [5.41, 5.74) is 2.00. The average molecular weight is 268 g/mol. The average Bonchev–Trinajstić information content (AvgIpc) is 3.10. The van der Waals surface area contributed by atoms with Gasteiger partial charge in [0.15, 0.2) is 5.82 Å². The zero-order valence-corrected chi connectivity index (χ0v) is 10.8. The van der Waals surface area contributed by atoms with Crippen LogP contribution in [-0.4, -0.2) is 20.7 Å². The number of aryl methyl sites for hydroxylation is 1. The summed E-state index contributed by atoms with van der Waals surface area (Å²) in [6.07, 6.45) is 4.49. The summed E-state index contributed by atoms with van der Waals surface area (Å²) < 4.78 is 6.52. The summed E-state index contributed by atoms with van der Waals surface area (Å²) in [6, 6.07) is 8.98. The van der Waals surface area contributed by atoms with Crippen LogP contribution in [0.4, 0.5) is 5.69 Å². The maximum atomic E-state index is 11.9. The van der Waals surface area contributed by atoms with Crippen LogP contribution in [0.15, 0.2) is 53.6 Å². The molecule has 0 unspecified atom stereocenters. The molecule has 20 heavy (non-hydrogen) atoms. The van der Waals surface area contributed by atoms with Gasteiger partial charge < -0.3 is 9.73 Å². The van der Waals surface area contributed by atoms with E-state index in [-0.39, 0.29) is 5.91 Å². The minimum Gasteiger partial charge on any atom is -0.472 e. The van der Waals surface area contributed by atoms with Crippen molar-refractivity contribution in [3.05, 3.63) is 54.7 Å². The predicted octanol–water partition coefficient (Wildman–Crippen LogP) is 2.33. The fraction of sp³-hybridized carbons (Fsp3) is 0.0714. The molecule has 1 N–H and O–H groups in total. The smallest absolute Gasteiger partial charge is 0.258 e. The molecule has 0 bridgehead atoms. The molecule has 1 aromatic carbocycles. The first kappa shape index (κ1) is 12.2. The number of furan rings is 1. The van der Waals surface area contributed by atoms with Crippen LogP contribution in [0.2, 0.25) is 0 Å². The Balaban J connectivity index is 1.83. The number of carbonyl (C=O) groups excluding carboxylic acids is 1. The van der Waals surface area contributed by atoms with Crippen LogP contribution < -0.4 is 5.32 Å². The maximum absolute atomic E-state index is 11.9. The summed E-state index contributed by atoms with van der Waals surface area (Å²) in [5.74, 6) is 0.400. The first-order valence-electron chi connectivity index (χ1n) is 6.02. The van der Waals surface area contributed by atoms with Gasteiger partial charge in [0.2, 0.25) is 0 Å². The van der Waals surface area contributed by atoms with E-state index >= 15 is 0 Å². The van der Waals surface area contributed by atoms with Gasteiger partial charge in [-0.3, -0.25) is 9.48 Å². The topological polar surface area (TPSA) is 73.0 Å². The van der Waals surface area contributed by atoms with E-state index in [9.17, 15) is 4.79 Å². The Bertz CT molecular complexity index is 731. The van der Waals surface area contributed by atoms with Crippen LogP contribution in [0.1, 0.15) is 10.4 Å². The molecule has 0 aliphatic carbocycles. The van der Waals surface area contributed by atoms with Gasteiger partial charge >= 0.3 is 0 Å². The zero-order valence-electron chi connectivity index (χ0n) is 10.8. The van der Waals surface area contributed by atoms with E-state index in [4.69, 9.17) is 4.42 Å². The van der Waals surface area contributed by atoms with Crippen LogP contribution in [0.3, 0.4) is 0 Å². The van der Waals surface area contributed by atoms with Gasteiger partial charge in [0.1, 0.15) is 12.6 Å². The lowest BCUT2D eigenvalue weighted by Gasteiger charge is -2.04. The van der Waals surface area contributed by atoms with Gasteiger partial charge in [-0.1, -0.05) is 12.1 Å². The molecule has 1 amide bonds. The molecular weight excluding hydrogens is 256 g/mol. The number of anilines is 1. The predicted molar refractivity (Wildman–Crippen MR) is 73.1 cm³/mol. The van der Waals surface area contributed by atoms with Crippen LogP contribution in [-0.2, 0) is 7.05 Å². The van der Waals surface area contributed by atoms with Gasteiger partial charge in [-0.2, -0.15) is 5.10 Å². The molecule has 0 aliphatic heterocycles. The van der Waals surface area contributed by atoms with Gasteiger partial charge in [-0.05, 0) is 18.2 Å². The molecule has 3 rings (SSSR count). The van der Waals surface area contributed by atoms with Crippen molar-refractivity contribution in [2.45, 2.75) is 0 Å². The SMILES string of the molecule is Cn1cnc(-c2cccc(NC(=O)c3ccoc3)c2)n1. The Morgan fingerprint density at radius 3 is 2.95 bits per heavy atom. The third-order valence-corrected chi connectivity index (χ3v) is 2.76. The van der Waals surface area contributed by atoms with Gasteiger partial charge in [-0.25, -0.2) is 4.98 Å². The molecule has 0 aliphatic rings. The van der Waals surface area contributed by atoms with Gasteiger partial charge in [0.05, 0.1) is 11.8 Å². The molecule has 0 fully saturated rings. The highest BCUT2D eigenvalue weighted by Gasteiger charge is 2.09. The van der Waals surface area contributed by atoms with Crippen molar-refractivity contribution < 1.29 is 9.21 Å². The van der Waals surface area contributed by atoms with Crippen LogP contribution >= 0.6 is 0 Å². The third kappa shape index (κ3) is 2.44. The highest BCUT2D eigenvalue weighted by molar-refractivity contribution is 6.04. The monoisotopic (exact) mass is 268 g/mol. The molecule has 6 nitrogen and oxygen atoms in total. The number of nitrogens with one attached hydrogen (secondary N) is 1. The lowest BCUT2D eigenvalue weighted by atomic mass is 10.2. The highest BCUT2D eigenvalue weighted by atomic mass is 16.3. The number of benzene rings is 1. The molecule has 0 spiro atoms. The summed E-state index contributed by atoms with van der Waals surface area (Å²) in [7, 11) is 1.81. The van der Waals surface area contributed by atoms with E-state index in [0.29, 0.717) is 17.1 Å². The Kier molecular flexibility index (Phi) is 3.04. The second-order valence-corrected chi connectivity index (χ2v) is 4.29. The number of rotatable bonds is 3. The molecule has 0 atom stereocenters. The van der Waals surface area contributed by atoms with Crippen molar-refractivity contribution in [2.75, 3.05) is 5.32 Å². The largest absolute Gasteiger partial charge is 0.472 e. The minimum absolute atomic E-state index is 0.218. The Hall–Kier alpha value is -2.89. The zero-order chi connectivity index (χ0) is 13.9. The number of aromatic nitrogens is 3. The maximum Gasteiger partial charge on any atom is 0.258 e. The molecular formula is C14H12N4O2. The van der Waals surface area contributed by atoms with Crippen LogP contribution in [0, 0.1) is 0 Å². The fourth-order valence-electron chi connectivity index (χ4n) is 1.80. The van der Waals surface area contributed by atoms with Crippen molar-refractivity contribution in [1.29, 1.82) is 0 Å². The highest BCUT2D eigenvalue weighted by Crippen LogP contribution is 2.19. The molecule has 100 valence electrons. The fourth-order valence-corrected chi connectivity index (χ4v) is 1.80. The molecule has 0 saturated carbocycles. The second-order valence-electron chi connectivity index (χ2n) is 4.29. The molecule has 2 aromatic heterocycles. The molecule has 0 radical (unpaired) electrons. The van der Waals surface area contributed by atoms with E-state index in [1.54, 1.807) is 24.1 Å². The molecule has 6 heteroatoms. The third-order valence-electron chi connectivity index (χ3n) is 2.76. The van der Waals surface area contributed by atoms with E-state index in [2.05, 4.69) is 15.4 Å². The van der Waals surface area contributed by atoms with E-state index < -0.39 is 0 Å². The van der Waals surface area contributed by atoms with Gasteiger partial charge in [0, 0.05) is 18.3 Å². The Morgan fingerprint density at radius 1 is 1.35 bits per heavy atom. The molecule has 2 heterocycles. The normalized spacial score (nSPS) is 10.4. The van der Waals surface area contributed by atoms with Crippen molar-refractivity contribution in [3.63, 3.8) is 0 Å². The summed E-state index contributed by atoms with van der Waals surface area (Å²) in [4.78, 5) is 16.1. The van der Waals surface area contributed by atoms with E-state index in [0.717, 1.165) is 5.56 Å². The van der Waals surface area contributed by atoms with Gasteiger partial charge in [-0.15, -0.1) is 0 Å². The lowest BCUT2D eigenvalue weighted by molar-refractivity contribution is 0.102. The lowest BCUT2D eigenvalue weighted by Crippen LogP contribution is -2.10. The Morgan fingerprint density at radius 2 is 2.25 bits per heavy atom. The van der Waals surface area contributed by atoms with Crippen LogP contribution in [0.25, 0.3) is 11.4 Å². The summed E-state index contributed by atoms with van der Waals surface area (Å²) >= 11 is 0. The van der Waals surface area contributed by atoms with Crippen molar-refractivity contribution in [1.82, 2.24) is 14.8 Å². The van der Waals surface area contributed by atoms with E-state index in [1.807, 2.05) is 24.3 Å². The van der Waals surface area contributed by atoms with Crippen molar-refractivity contribution >= 4 is 11.6 Å². The number of hydrogen-bond acceptors (Lipinski definition) is 4. The summed E-state index contributed by atoms with van der Waals surface area (Å²) in [5, 5.41) is 7.03. The molecule has 3 aromatic rings.